The van der Waals surface area contributed by atoms with Gasteiger partial charge in [-0.3, -0.25) is 0 Å². The smallest absolute Gasteiger partial charge is 0.108 e. The number of rotatable bonds is 4. The molecule has 0 saturated heterocycles. The van der Waals surface area contributed by atoms with Gasteiger partial charge < -0.3 is 0 Å². The van der Waals surface area contributed by atoms with Crippen LogP contribution in [0.2, 0.25) is 0 Å². The maximum absolute atomic E-state index is 5.58. The van der Waals surface area contributed by atoms with Crippen molar-refractivity contribution in [1.82, 2.24) is 0 Å². The molecule has 0 amide bonds. The molecule has 0 fully saturated rings. The summed E-state index contributed by atoms with van der Waals surface area (Å²) in [5.41, 5.74) is 0. The number of quaternary nitrogens is 1. The van der Waals surface area contributed by atoms with Crippen LogP contribution in [-0.2, 0) is 4.84 Å². The minimum absolute atomic E-state index is 0.629. The highest BCUT2D eigenvalue weighted by atomic mass is 16.7. The van der Waals surface area contributed by atoms with Crippen molar-refractivity contribution in [1.29, 1.82) is 0 Å². The molecule has 0 aliphatic carbocycles. The van der Waals surface area contributed by atoms with Crippen molar-refractivity contribution in [3.05, 3.63) is 0 Å². The molecule has 0 unspecified atom stereocenters. The molecule has 0 aromatic heterocycles. The summed E-state index contributed by atoms with van der Waals surface area (Å²) < 4.78 is 0.665. The van der Waals surface area contributed by atoms with Crippen molar-refractivity contribution in [2.45, 2.75) is 20.8 Å². The van der Waals surface area contributed by atoms with Gasteiger partial charge in [-0.1, -0.05) is 13.8 Å². The minimum Gasteiger partial charge on any atom is -0.203 e. The largest absolute Gasteiger partial charge is 0.203 e. The van der Waals surface area contributed by atoms with Crippen LogP contribution < -0.4 is 0 Å². The monoisotopic (exact) mass is 146 g/mol. The Bertz CT molecular complexity index is 89.3. The van der Waals surface area contributed by atoms with Crippen molar-refractivity contribution >= 4 is 0 Å². The highest BCUT2D eigenvalue weighted by Gasteiger charge is 2.13. The minimum atomic E-state index is 0.629. The second kappa shape index (κ2) is 3.94. The third-order valence-electron chi connectivity index (χ3n) is 1.52. The molecule has 0 aliphatic heterocycles. The van der Waals surface area contributed by atoms with E-state index in [9.17, 15) is 0 Å². The Hall–Kier alpha value is -0.0800. The molecule has 0 N–H and O–H groups in total. The van der Waals surface area contributed by atoms with Crippen LogP contribution in [0.15, 0.2) is 0 Å². The van der Waals surface area contributed by atoms with Gasteiger partial charge in [0, 0.05) is 0 Å². The summed E-state index contributed by atoms with van der Waals surface area (Å²) in [5, 5.41) is 0. The molecule has 2 nitrogen and oxygen atoms in total. The maximum atomic E-state index is 5.58. The second-order valence-corrected chi connectivity index (χ2v) is 3.58. The summed E-state index contributed by atoms with van der Waals surface area (Å²) >= 11 is 0. The Labute approximate surface area is 64.3 Å². The van der Waals surface area contributed by atoms with Crippen LogP contribution in [-0.4, -0.2) is 31.9 Å². The molecule has 0 heterocycles. The van der Waals surface area contributed by atoms with Gasteiger partial charge in [-0.2, -0.15) is 4.65 Å². The predicted octanol–water partition coefficient (Wildman–Crippen LogP) is 1.67. The molecule has 0 atom stereocenters. The van der Waals surface area contributed by atoms with Crippen molar-refractivity contribution in [3.8, 4) is 0 Å². The fraction of sp³-hybridized carbons (Fsp3) is 1.00. The van der Waals surface area contributed by atoms with Crippen LogP contribution in [0.25, 0.3) is 0 Å². The lowest BCUT2D eigenvalue weighted by Crippen LogP contribution is -2.40. The van der Waals surface area contributed by atoms with E-state index >= 15 is 0 Å². The van der Waals surface area contributed by atoms with E-state index in [0.29, 0.717) is 10.6 Å². The molecular formula is C8H20NO+. The van der Waals surface area contributed by atoms with Crippen molar-refractivity contribution in [3.63, 3.8) is 0 Å². The van der Waals surface area contributed by atoms with E-state index in [1.54, 1.807) is 0 Å². The van der Waals surface area contributed by atoms with Crippen LogP contribution >= 0.6 is 0 Å². The van der Waals surface area contributed by atoms with E-state index in [1.165, 1.54) is 0 Å². The number of hydroxylamine groups is 3. The van der Waals surface area contributed by atoms with E-state index in [4.69, 9.17) is 4.84 Å². The van der Waals surface area contributed by atoms with Crippen molar-refractivity contribution in [2.75, 3.05) is 27.2 Å². The lowest BCUT2D eigenvalue weighted by molar-refractivity contribution is -1.08. The first-order chi connectivity index (χ1) is 4.48. The van der Waals surface area contributed by atoms with Gasteiger partial charge in [0.1, 0.15) is 13.2 Å². The average molecular weight is 146 g/mol. The standard InChI is InChI=1S/C8H20NO/c1-6-9(4,5)10-7-8(2)3/h8H,6-7H2,1-5H3/q+1. The van der Waals surface area contributed by atoms with Gasteiger partial charge in [0.25, 0.3) is 0 Å². The van der Waals surface area contributed by atoms with E-state index in [1.807, 2.05) is 0 Å². The predicted molar refractivity (Wildman–Crippen MR) is 43.4 cm³/mol. The molecule has 0 spiro atoms. The Balaban J connectivity index is 3.46. The lowest BCUT2D eigenvalue weighted by Gasteiger charge is -2.25. The molecule has 0 aromatic rings. The third-order valence-corrected chi connectivity index (χ3v) is 1.52. The van der Waals surface area contributed by atoms with Gasteiger partial charge in [0.2, 0.25) is 0 Å². The topological polar surface area (TPSA) is 9.23 Å². The normalized spacial score (nSPS) is 12.6. The summed E-state index contributed by atoms with van der Waals surface area (Å²) in [6.07, 6.45) is 0. The number of hydrogen-bond acceptors (Lipinski definition) is 1. The van der Waals surface area contributed by atoms with Gasteiger partial charge >= 0.3 is 0 Å². The fourth-order valence-corrected chi connectivity index (χ4v) is 0.442. The molecule has 0 bridgehead atoms. The van der Waals surface area contributed by atoms with Crippen molar-refractivity contribution in [2.24, 2.45) is 5.92 Å². The molecular weight excluding hydrogens is 126 g/mol. The number of nitrogens with zero attached hydrogens (tertiary/aromatic N) is 1. The third kappa shape index (κ3) is 4.77. The SMILES string of the molecule is CC[N+](C)(C)OCC(C)C. The zero-order valence-electron chi connectivity index (χ0n) is 7.85. The molecule has 62 valence electrons. The van der Waals surface area contributed by atoms with Crippen LogP contribution in [0.5, 0.6) is 0 Å². The fourth-order valence-electron chi connectivity index (χ4n) is 0.442. The Morgan fingerprint density at radius 1 is 1.30 bits per heavy atom. The lowest BCUT2D eigenvalue weighted by atomic mass is 10.2. The Kier molecular flexibility index (Phi) is 3.91. The quantitative estimate of drug-likeness (QED) is 0.433. The molecule has 10 heavy (non-hydrogen) atoms. The van der Waals surface area contributed by atoms with Gasteiger partial charge in [0.15, 0.2) is 0 Å². The summed E-state index contributed by atoms with van der Waals surface area (Å²) in [5.74, 6) is 0.629. The average Bonchev–Trinajstić information content (AvgIpc) is 1.85. The van der Waals surface area contributed by atoms with E-state index < -0.39 is 0 Å². The molecule has 0 rings (SSSR count). The van der Waals surface area contributed by atoms with Crippen LogP contribution in [0.1, 0.15) is 20.8 Å². The summed E-state index contributed by atoms with van der Waals surface area (Å²) in [7, 11) is 4.14. The van der Waals surface area contributed by atoms with Gasteiger partial charge in [-0.25, -0.2) is 4.84 Å². The molecule has 0 radical (unpaired) electrons. The maximum Gasteiger partial charge on any atom is 0.108 e. The summed E-state index contributed by atoms with van der Waals surface area (Å²) in [6, 6.07) is 0. The van der Waals surface area contributed by atoms with Crippen LogP contribution in [0, 0.1) is 5.92 Å². The van der Waals surface area contributed by atoms with Crippen molar-refractivity contribution < 1.29 is 9.48 Å². The Morgan fingerprint density at radius 3 is 2.10 bits per heavy atom. The summed E-state index contributed by atoms with van der Waals surface area (Å²) in [6.45, 7) is 8.32. The Morgan fingerprint density at radius 2 is 1.80 bits per heavy atom. The zero-order chi connectivity index (χ0) is 8.20. The molecule has 0 aliphatic rings. The first kappa shape index (κ1) is 9.92. The number of hydrogen-bond donors (Lipinski definition) is 0. The summed E-state index contributed by atoms with van der Waals surface area (Å²) in [4.78, 5) is 5.58. The van der Waals surface area contributed by atoms with E-state index in [-0.39, 0.29) is 0 Å². The van der Waals surface area contributed by atoms with Gasteiger partial charge in [-0.15, -0.1) is 0 Å². The highest BCUT2D eigenvalue weighted by Crippen LogP contribution is 2.01. The molecule has 2 heteroatoms. The van der Waals surface area contributed by atoms with E-state index in [0.717, 1.165) is 13.2 Å². The first-order valence-corrected chi connectivity index (χ1v) is 3.95. The van der Waals surface area contributed by atoms with E-state index in [2.05, 4.69) is 34.9 Å². The van der Waals surface area contributed by atoms with Crippen LogP contribution in [0.4, 0.5) is 0 Å². The highest BCUT2D eigenvalue weighted by molar-refractivity contribution is 4.34. The zero-order valence-corrected chi connectivity index (χ0v) is 7.85. The first-order valence-electron chi connectivity index (χ1n) is 3.95. The molecule has 0 saturated carbocycles. The van der Waals surface area contributed by atoms with Gasteiger partial charge in [-0.05, 0) is 12.8 Å². The molecule has 0 aromatic carbocycles. The van der Waals surface area contributed by atoms with Gasteiger partial charge in [0.05, 0.1) is 14.1 Å². The second-order valence-electron chi connectivity index (χ2n) is 3.58. The van der Waals surface area contributed by atoms with Crippen LogP contribution in [0.3, 0.4) is 0 Å².